The van der Waals surface area contributed by atoms with E-state index in [1.165, 1.54) is 11.1 Å². The van der Waals surface area contributed by atoms with Gasteiger partial charge >= 0.3 is 0 Å². The van der Waals surface area contributed by atoms with Crippen molar-refractivity contribution in [3.05, 3.63) is 83.9 Å². The molecule has 0 amide bonds. The molecule has 2 N–H and O–H groups in total. The Bertz CT molecular complexity index is 1010. The van der Waals surface area contributed by atoms with E-state index in [0.29, 0.717) is 23.3 Å². The van der Waals surface area contributed by atoms with Crippen molar-refractivity contribution in [1.82, 2.24) is 0 Å². The van der Waals surface area contributed by atoms with E-state index >= 15 is 0 Å². The molecule has 0 aliphatic rings. The van der Waals surface area contributed by atoms with Crippen LogP contribution in [0.15, 0.2) is 72.8 Å². The normalized spacial score (nSPS) is 13.8. The average Bonchev–Trinajstić information content (AvgIpc) is 2.66. The first kappa shape index (κ1) is 16.5. The quantitative estimate of drug-likeness (QED) is 0.458. The molecule has 0 aromatic heterocycles. The van der Waals surface area contributed by atoms with Gasteiger partial charge in [0.15, 0.2) is 0 Å². The third kappa shape index (κ3) is 2.99. The first-order chi connectivity index (χ1) is 12.5. The number of aromatic hydroxyl groups is 2. The van der Waals surface area contributed by atoms with Crippen molar-refractivity contribution in [1.29, 1.82) is 0 Å². The second-order valence-corrected chi connectivity index (χ2v) is 7.16. The second kappa shape index (κ2) is 6.38. The van der Waals surface area contributed by atoms with Crippen LogP contribution < -0.4 is 0 Å². The lowest BCUT2D eigenvalue weighted by Crippen LogP contribution is -2.05. The number of phenols is 2. The fourth-order valence-corrected chi connectivity index (χ4v) is 3.65. The molecule has 4 aromatic carbocycles. The van der Waals surface area contributed by atoms with Gasteiger partial charge in [-0.2, -0.15) is 0 Å². The van der Waals surface area contributed by atoms with Gasteiger partial charge in [-0.1, -0.05) is 62.4 Å². The highest BCUT2D eigenvalue weighted by Crippen LogP contribution is 2.35. The van der Waals surface area contributed by atoms with E-state index in [-0.39, 0.29) is 0 Å². The van der Waals surface area contributed by atoms with Gasteiger partial charge in [-0.15, -0.1) is 0 Å². The van der Waals surface area contributed by atoms with E-state index in [0.717, 1.165) is 21.5 Å². The summed E-state index contributed by atoms with van der Waals surface area (Å²) in [5.41, 5.74) is 2.59. The van der Waals surface area contributed by atoms with Crippen LogP contribution in [0.5, 0.6) is 11.5 Å². The first-order valence-electron chi connectivity index (χ1n) is 8.96. The molecule has 0 spiro atoms. The van der Waals surface area contributed by atoms with Crippen LogP contribution in [-0.4, -0.2) is 10.2 Å². The maximum atomic E-state index is 9.63. The van der Waals surface area contributed by atoms with E-state index in [9.17, 15) is 10.2 Å². The van der Waals surface area contributed by atoms with E-state index in [1.807, 2.05) is 12.1 Å². The Morgan fingerprint density at radius 2 is 0.846 bits per heavy atom. The third-order valence-electron chi connectivity index (χ3n) is 5.50. The van der Waals surface area contributed by atoms with E-state index in [4.69, 9.17) is 0 Å². The van der Waals surface area contributed by atoms with Crippen LogP contribution in [-0.2, 0) is 0 Å². The maximum absolute atomic E-state index is 9.63. The monoisotopic (exact) mass is 342 g/mol. The summed E-state index contributed by atoms with van der Waals surface area (Å²) in [6.45, 7) is 4.51. The Kier molecular flexibility index (Phi) is 4.04. The topological polar surface area (TPSA) is 40.5 Å². The van der Waals surface area contributed by atoms with E-state index < -0.39 is 0 Å². The molecule has 2 unspecified atom stereocenters. The second-order valence-electron chi connectivity index (χ2n) is 7.16. The lowest BCUT2D eigenvalue weighted by Gasteiger charge is -2.22. The molecular weight excluding hydrogens is 320 g/mol. The van der Waals surface area contributed by atoms with Gasteiger partial charge in [-0.05, 0) is 68.8 Å². The molecule has 2 heteroatoms. The summed E-state index contributed by atoms with van der Waals surface area (Å²) in [6.07, 6.45) is 0. The van der Waals surface area contributed by atoms with Crippen LogP contribution in [0.2, 0.25) is 0 Å². The van der Waals surface area contributed by atoms with Crippen LogP contribution in [0.25, 0.3) is 21.5 Å². The number of fused-ring (bicyclic) bond motifs is 2. The molecule has 2 atom stereocenters. The zero-order valence-electron chi connectivity index (χ0n) is 15.0. The molecule has 0 heterocycles. The highest BCUT2D eigenvalue weighted by Gasteiger charge is 2.17. The van der Waals surface area contributed by atoms with E-state index in [2.05, 4.69) is 50.2 Å². The summed E-state index contributed by atoms with van der Waals surface area (Å²) in [6, 6.07) is 23.9. The zero-order chi connectivity index (χ0) is 18.3. The van der Waals surface area contributed by atoms with Crippen LogP contribution in [0.3, 0.4) is 0 Å². The molecule has 0 saturated heterocycles. The Hall–Kier alpha value is -3.00. The Labute approximate surface area is 153 Å². The van der Waals surface area contributed by atoms with Crippen molar-refractivity contribution in [2.24, 2.45) is 0 Å². The predicted molar refractivity (Wildman–Crippen MR) is 108 cm³/mol. The summed E-state index contributed by atoms with van der Waals surface area (Å²) in [5, 5.41) is 23.7. The first-order valence-corrected chi connectivity index (χ1v) is 8.96. The fourth-order valence-electron chi connectivity index (χ4n) is 3.65. The molecule has 0 saturated carbocycles. The minimum absolute atomic E-state index is 0.300. The van der Waals surface area contributed by atoms with Gasteiger partial charge in [-0.3, -0.25) is 0 Å². The van der Waals surface area contributed by atoms with Crippen LogP contribution in [0.1, 0.15) is 36.8 Å². The van der Waals surface area contributed by atoms with E-state index in [1.54, 1.807) is 24.3 Å². The number of phenolic OH excluding ortho intramolecular Hbond substituents is 2. The lowest BCUT2D eigenvalue weighted by atomic mass is 9.83. The van der Waals surface area contributed by atoms with Crippen molar-refractivity contribution in [2.75, 3.05) is 0 Å². The molecule has 0 fully saturated rings. The van der Waals surface area contributed by atoms with Crippen molar-refractivity contribution in [3.8, 4) is 11.5 Å². The van der Waals surface area contributed by atoms with Gasteiger partial charge in [0.05, 0.1) is 0 Å². The number of hydrogen-bond donors (Lipinski definition) is 2. The predicted octanol–water partition coefficient (Wildman–Crippen LogP) is 6.31. The molecule has 0 radical (unpaired) electrons. The minimum atomic E-state index is 0.300. The van der Waals surface area contributed by atoms with Gasteiger partial charge < -0.3 is 10.2 Å². The van der Waals surface area contributed by atoms with Crippen LogP contribution in [0, 0.1) is 0 Å². The number of hydrogen-bond acceptors (Lipinski definition) is 2. The SMILES string of the molecule is CC(c1ccc2cc(O)ccc2c1)C(C)c1ccc2cc(O)ccc2c1. The molecule has 0 bridgehead atoms. The fraction of sp³-hybridized carbons (Fsp3) is 0.167. The van der Waals surface area contributed by atoms with Gasteiger partial charge in [0.1, 0.15) is 11.5 Å². The van der Waals surface area contributed by atoms with Crippen LogP contribution >= 0.6 is 0 Å². The minimum Gasteiger partial charge on any atom is -0.508 e. The van der Waals surface area contributed by atoms with Crippen molar-refractivity contribution < 1.29 is 10.2 Å². The standard InChI is InChI=1S/C24H22O2/c1-15(17-3-5-21-13-23(25)9-7-19(21)11-17)16(2)18-4-6-22-14-24(26)10-8-20(22)12-18/h3-16,25-26H,1-2H3. The van der Waals surface area contributed by atoms with Crippen molar-refractivity contribution in [3.63, 3.8) is 0 Å². The van der Waals surface area contributed by atoms with Gasteiger partial charge in [0.25, 0.3) is 0 Å². The summed E-state index contributed by atoms with van der Waals surface area (Å²) in [5.74, 6) is 1.33. The molecule has 0 aliphatic carbocycles. The molecule has 26 heavy (non-hydrogen) atoms. The summed E-state index contributed by atoms with van der Waals surface area (Å²) in [4.78, 5) is 0. The van der Waals surface area contributed by atoms with Crippen molar-refractivity contribution >= 4 is 21.5 Å². The van der Waals surface area contributed by atoms with Gasteiger partial charge in [-0.25, -0.2) is 0 Å². The smallest absolute Gasteiger partial charge is 0.116 e. The van der Waals surface area contributed by atoms with Gasteiger partial charge in [0.2, 0.25) is 0 Å². The van der Waals surface area contributed by atoms with Gasteiger partial charge in [0, 0.05) is 0 Å². The molecule has 0 aliphatic heterocycles. The van der Waals surface area contributed by atoms with Crippen LogP contribution in [0.4, 0.5) is 0 Å². The summed E-state index contributed by atoms with van der Waals surface area (Å²) < 4.78 is 0. The van der Waals surface area contributed by atoms with Crippen molar-refractivity contribution in [2.45, 2.75) is 25.7 Å². The number of benzene rings is 4. The molecule has 4 rings (SSSR count). The summed E-state index contributed by atoms with van der Waals surface area (Å²) >= 11 is 0. The highest BCUT2D eigenvalue weighted by molar-refractivity contribution is 5.85. The highest BCUT2D eigenvalue weighted by atomic mass is 16.3. The number of rotatable bonds is 3. The molecule has 130 valence electrons. The molecule has 2 nitrogen and oxygen atoms in total. The zero-order valence-corrected chi connectivity index (χ0v) is 15.0. The Balaban J connectivity index is 1.67. The third-order valence-corrected chi connectivity index (χ3v) is 5.50. The lowest BCUT2D eigenvalue weighted by molar-refractivity contribution is 0.475. The average molecular weight is 342 g/mol. The largest absolute Gasteiger partial charge is 0.508 e. The molecule has 4 aromatic rings. The molecular formula is C24H22O2. The Morgan fingerprint density at radius 3 is 1.27 bits per heavy atom. The Morgan fingerprint density at radius 1 is 0.500 bits per heavy atom. The summed E-state index contributed by atoms with van der Waals surface area (Å²) in [7, 11) is 0. The maximum Gasteiger partial charge on any atom is 0.116 e.